The SMILES string of the molecule is NC(c1cccc(OC(F)F)c1)c1ccc(Br)s1. The summed E-state index contributed by atoms with van der Waals surface area (Å²) < 4.78 is 29.6. The summed E-state index contributed by atoms with van der Waals surface area (Å²) in [6, 6.07) is 9.91. The number of ether oxygens (including phenoxy) is 1. The smallest absolute Gasteiger partial charge is 0.387 e. The van der Waals surface area contributed by atoms with Crippen LogP contribution in [0.4, 0.5) is 8.78 Å². The van der Waals surface area contributed by atoms with Crippen LogP contribution in [-0.4, -0.2) is 6.61 Å². The van der Waals surface area contributed by atoms with E-state index in [1.165, 1.54) is 23.5 Å². The number of hydrogen-bond donors (Lipinski definition) is 1. The number of benzene rings is 1. The van der Waals surface area contributed by atoms with Gasteiger partial charge in [0, 0.05) is 4.88 Å². The van der Waals surface area contributed by atoms with Gasteiger partial charge in [-0.2, -0.15) is 8.78 Å². The zero-order valence-corrected chi connectivity index (χ0v) is 11.5. The van der Waals surface area contributed by atoms with Gasteiger partial charge < -0.3 is 10.5 Å². The van der Waals surface area contributed by atoms with Crippen LogP contribution >= 0.6 is 27.3 Å². The molecule has 0 radical (unpaired) electrons. The predicted molar refractivity (Wildman–Crippen MR) is 71.1 cm³/mol. The highest BCUT2D eigenvalue weighted by molar-refractivity contribution is 9.11. The van der Waals surface area contributed by atoms with Gasteiger partial charge in [0.05, 0.1) is 9.83 Å². The Hall–Kier alpha value is -0.980. The first kappa shape index (κ1) is 13.5. The largest absolute Gasteiger partial charge is 0.435 e. The Labute approximate surface area is 116 Å². The molecule has 18 heavy (non-hydrogen) atoms. The van der Waals surface area contributed by atoms with Crippen molar-refractivity contribution in [3.8, 4) is 5.75 Å². The molecular weight excluding hydrogens is 324 g/mol. The van der Waals surface area contributed by atoms with Crippen LogP contribution < -0.4 is 10.5 Å². The van der Waals surface area contributed by atoms with Gasteiger partial charge in [-0.3, -0.25) is 0 Å². The lowest BCUT2D eigenvalue weighted by Crippen LogP contribution is -2.10. The Bertz CT molecular complexity index is 532. The quantitative estimate of drug-likeness (QED) is 0.911. The van der Waals surface area contributed by atoms with Gasteiger partial charge >= 0.3 is 6.61 Å². The van der Waals surface area contributed by atoms with E-state index in [1.54, 1.807) is 12.1 Å². The van der Waals surface area contributed by atoms with E-state index in [0.717, 1.165) is 14.2 Å². The molecule has 0 aliphatic heterocycles. The molecule has 0 aliphatic rings. The topological polar surface area (TPSA) is 35.2 Å². The summed E-state index contributed by atoms with van der Waals surface area (Å²) in [5.74, 6) is 0.119. The molecule has 0 saturated carbocycles. The van der Waals surface area contributed by atoms with E-state index in [0.29, 0.717) is 0 Å². The third-order valence-electron chi connectivity index (χ3n) is 2.34. The highest BCUT2D eigenvalue weighted by Crippen LogP contribution is 2.31. The summed E-state index contributed by atoms with van der Waals surface area (Å²) in [5, 5.41) is 0. The molecule has 2 N–H and O–H groups in total. The molecule has 0 saturated heterocycles. The maximum Gasteiger partial charge on any atom is 0.387 e. The van der Waals surface area contributed by atoms with Crippen LogP contribution in [0.1, 0.15) is 16.5 Å². The summed E-state index contributed by atoms with van der Waals surface area (Å²) in [6.07, 6.45) is 0. The lowest BCUT2D eigenvalue weighted by atomic mass is 10.1. The van der Waals surface area contributed by atoms with Gasteiger partial charge in [-0.25, -0.2) is 0 Å². The number of nitrogens with two attached hydrogens (primary N) is 1. The fourth-order valence-corrected chi connectivity index (χ4v) is 3.00. The van der Waals surface area contributed by atoms with Crippen molar-refractivity contribution < 1.29 is 13.5 Å². The third-order valence-corrected chi connectivity index (χ3v) is 4.05. The van der Waals surface area contributed by atoms with Crippen molar-refractivity contribution in [2.45, 2.75) is 12.7 Å². The van der Waals surface area contributed by atoms with Crippen LogP contribution in [-0.2, 0) is 0 Å². The Morgan fingerprint density at radius 1 is 1.22 bits per heavy atom. The summed E-state index contributed by atoms with van der Waals surface area (Å²) in [4.78, 5) is 0.955. The first-order valence-electron chi connectivity index (χ1n) is 5.12. The average molecular weight is 334 g/mol. The van der Waals surface area contributed by atoms with Crippen LogP contribution in [0, 0.1) is 0 Å². The van der Waals surface area contributed by atoms with Gasteiger partial charge in [-0.05, 0) is 45.8 Å². The van der Waals surface area contributed by atoms with Crippen LogP contribution in [0.3, 0.4) is 0 Å². The van der Waals surface area contributed by atoms with Gasteiger partial charge in [0.2, 0.25) is 0 Å². The van der Waals surface area contributed by atoms with Crippen LogP contribution in [0.25, 0.3) is 0 Å². The van der Waals surface area contributed by atoms with Crippen LogP contribution in [0.5, 0.6) is 5.75 Å². The van der Waals surface area contributed by atoms with E-state index in [4.69, 9.17) is 5.73 Å². The zero-order chi connectivity index (χ0) is 13.1. The summed E-state index contributed by atoms with van der Waals surface area (Å²) in [5.41, 5.74) is 6.81. The molecule has 1 aromatic carbocycles. The number of alkyl halides is 2. The molecule has 0 amide bonds. The molecule has 1 aromatic heterocycles. The normalized spacial score (nSPS) is 12.7. The molecular formula is C12H10BrF2NOS. The van der Waals surface area contributed by atoms with Gasteiger partial charge in [-0.15, -0.1) is 11.3 Å². The van der Waals surface area contributed by atoms with E-state index >= 15 is 0 Å². The molecule has 1 atom stereocenters. The second-order valence-corrected chi connectivity index (χ2v) is 6.07. The monoisotopic (exact) mass is 333 g/mol. The summed E-state index contributed by atoms with van der Waals surface area (Å²) >= 11 is 4.87. The number of thiophene rings is 1. The molecule has 96 valence electrons. The summed E-state index contributed by atoms with van der Waals surface area (Å²) in [6.45, 7) is -2.83. The fraction of sp³-hybridized carbons (Fsp3) is 0.167. The van der Waals surface area contributed by atoms with E-state index in [1.807, 2.05) is 12.1 Å². The Balaban J connectivity index is 2.22. The van der Waals surface area contributed by atoms with E-state index < -0.39 is 6.61 Å². The number of rotatable bonds is 4. The fourth-order valence-electron chi connectivity index (χ4n) is 1.54. The van der Waals surface area contributed by atoms with Crippen molar-refractivity contribution in [1.29, 1.82) is 0 Å². The molecule has 1 unspecified atom stereocenters. The van der Waals surface area contributed by atoms with Gasteiger partial charge in [0.1, 0.15) is 5.75 Å². The maximum absolute atomic E-state index is 12.1. The van der Waals surface area contributed by atoms with E-state index in [2.05, 4.69) is 20.7 Å². The van der Waals surface area contributed by atoms with Gasteiger partial charge in [-0.1, -0.05) is 12.1 Å². The molecule has 0 bridgehead atoms. The molecule has 0 aliphatic carbocycles. The number of halogens is 3. The maximum atomic E-state index is 12.1. The van der Waals surface area contributed by atoms with Gasteiger partial charge in [0.25, 0.3) is 0 Å². The standard InChI is InChI=1S/C12H10BrF2NOS/c13-10-5-4-9(18-10)11(16)7-2-1-3-8(6-7)17-12(14)15/h1-6,11-12H,16H2. The molecule has 1 heterocycles. The van der Waals surface area contributed by atoms with Crippen molar-refractivity contribution in [1.82, 2.24) is 0 Å². The van der Waals surface area contributed by atoms with E-state index in [9.17, 15) is 8.78 Å². The van der Waals surface area contributed by atoms with Crippen molar-refractivity contribution >= 4 is 27.3 Å². The molecule has 0 spiro atoms. The van der Waals surface area contributed by atoms with Crippen molar-refractivity contribution in [2.75, 3.05) is 0 Å². The van der Waals surface area contributed by atoms with Gasteiger partial charge in [0.15, 0.2) is 0 Å². The van der Waals surface area contributed by atoms with Crippen molar-refractivity contribution in [3.05, 3.63) is 50.6 Å². The highest BCUT2D eigenvalue weighted by Gasteiger charge is 2.13. The highest BCUT2D eigenvalue weighted by atomic mass is 79.9. The second kappa shape index (κ2) is 5.77. The second-order valence-electron chi connectivity index (χ2n) is 3.57. The average Bonchev–Trinajstić information content (AvgIpc) is 2.74. The molecule has 6 heteroatoms. The zero-order valence-electron chi connectivity index (χ0n) is 9.15. The molecule has 2 nitrogen and oxygen atoms in total. The molecule has 2 rings (SSSR count). The third kappa shape index (κ3) is 3.28. The van der Waals surface area contributed by atoms with Crippen molar-refractivity contribution in [3.63, 3.8) is 0 Å². The minimum Gasteiger partial charge on any atom is -0.435 e. The number of hydrogen-bond acceptors (Lipinski definition) is 3. The first-order valence-corrected chi connectivity index (χ1v) is 6.73. The summed E-state index contributed by atoms with van der Waals surface area (Å²) in [7, 11) is 0. The van der Waals surface area contributed by atoms with Crippen molar-refractivity contribution in [2.24, 2.45) is 5.73 Å². The minimum atomic E-state index is -2.83. The Morgan fingerprint density at radius 3 is 2.61 bits per heavy atom. The minimum absolute atomic E-state index is 0.119. The van der Waals surface area contributed by atoms with Crippen LogP contribution in [0.15, 0.2) is 40.2 Å². The lowest BCUT2D eigenvalue weighted by Gasteiger charge is -2.12. The molecule has 2 aromatic rings. The van der Waals surface area contributed by atoms with E-state index in [-0.39, 0.29) is 11.8 Å². The molecule has 0 fully saturated rings. The Morgan fingerprint density at radius 2 is 2.00 bits per heavy atom. The first-order chi connectivity index (χ1) is 8.56. The Kier molecular flexibility index (Phi) is 4.31. The lowest BCUT2D eigenvalue weighted by molar-refractivity contribution is -0.0498. The van der Waals surface area contributed by atoms with Crippen LogP contribution in [0.2, 0.25) is 0 Å². The predicted octanol–water partition coefficient (Wildman–Crippen LogP) is 4.16.